The van der Waals surface area contributed by atoms with Crippen molar-refractivity contribution in [3.8, 4) is 5.75 Å². The summed E-state index contributed by atoms with van der Waals surface area (Å²) in [4.78, 5) is 13.4. The molecule has 2 atom stereocenters. The summed E-state index contributed by atoms with van der Waals surface area (Å²) >= 11 is 1.57. The van der Waals surface area contributed by atoms with Crippen LogP contribution in [0.25, 0.3) is 0 Å². The van der Waals surface area contributed by atoms with E-state index >= 15 is 0 Å². The lowest BCUT2D eigenvalue weighted by Crippen LogP contribution is -2.40. The second-order valence-electron chi connectivity index (χ2n) is 6.11. The molecule has 24 heavy (non-hydrogen) atoms. The van der Waals surface area contributed by atoms with Crippen molar-refractivity contribution in [2.24, 2.45) is 0 Å². The summed E-state index contributed by atoms with van der Waals surface area (Å²) in [6.45, 7) is 8.43. The molecule has 0 spiro atoms. The largest absolute Gasteiger partial charge is 0.491 e. The molecular weight excluding hydrogens is 318 g/mol. The van der Waals surface area contributed by atoms with Crippen LogP contribution in [0, 0.1) is 13.8 Å². The molecule has 0 unspecified atom stereocenters. The molecule has 3 nitrogen and oxygen atoms in total. The van der Waals surface area contributed by atoms with Crippen molar-refractivity contribution in [3.63, 3.8) is 0 Å². The zero-order chi connectivity index (χ0) is 17.5. The molecule has 0 aromatic heterocycles. The molecule has 0 aliphatic heterocycles. The van der Waals surface area contributed by atoms with Gasteiger partial charge in [-0.25, -0.2) is 0 Å². The Labute approximate surface area is 148 Å². The van der Waals surface area contributed by atoms with Gasteiger partial charge in [0.1, 0.15) is 12.4 Å². The molecule has 0 radical (unpaired) electrons. The molecule has 0 aliphatic rings. The number of nitrogens with one attached hydrogen (secondary N) is 1. The molecule has 1 amide bonds. The van der Waals surface area contributed by atoms with Gasteiger partial charge in [0, 0.05) is 4.90 Å². The minimum Gasteiger partial charge on any atom is -0.491 e. The molecular formula is C20H25NO2S. The van der Waals surface area contributed by atoms with Gasteiger partial charge in [0.15, 0.2) is 0 Å². The highest BCUT2D eigenvalue weighted by atomic mass is 32.2. The first-order valence-corrected chi connectivity index (χ1v) is 9.05. The first kappa shape index (κ1) is 18.4. The van der Waals surface area contributed by atoms with Crippen molar-refractivity contribution in [1.29, 1.82) is 0 Å². The molecule has 0 bridgehead atoms. The summed E-state index contributed by atoms with van der Waals surface area (Å²) < 4.78 is 5.71. The summed E-state index contributed by atoms with van der Waals surface area (Å²) in [5, 5.41) is 2.86. The lowest BCUT2D eigenvalue weighted by molar-refractivity contribution is -0.121. The van der Waals surface area contributed by atoms with Crippen molar-refractivity contribution in [3.05, 3.63) is 59.7 Å². The molecule has 128 valence electrons. The Morgan fingerprint density at radius 3 is 2.12 bits per heavy atom. The zero-order valence-corrected chi connectivity index (χ0v) is 15.5. The predicted octanol–water partition coefficient (Wildman–Crippen LogP) is 4.37. The fraction of sp³-hybridized carbons (Fsp3) is 0.350. The van der Waals surface area contributed by atoms with Crippen molar-refractivity contribution >= 4 is 17.7 Å². The van der Waals surface area contributed by atoms with Crippen LogP contribution in [0.1, 0.15) is 25.0 Å². The highest BCUT2D eigenvalue weighted by Gasteiger charge is 2.16. The Morgan fingerprint density at radius 2 is 1.54 bits per heavy atom. The van der Waals surface area contributed by atoms with Crippen LogP contribution in [0.4, 0.5) is 0 Å². The van der Waals surface area contributed by atoms with Gasteiger partial charge in [-0.1, -0.05) is 35.4 Å². The van der Waals surface area contributed by atoms with E-state index in [1.165, 1.54) is 11.1 Å². The van der Waals surface area contributed by atoms with E-state index < -0.39 is 0 Å². The third kappa shape index (κ3) is 5.93. The minimum absolute atomic E-state index is 0.0283. The van der Waals surface area contributed by atoms with Crippen LogP contribution in [0.3, 0.4) is 0 Å². The molecule has 2 rings (SSSR count). The minimum atomic E-state index is -0.144. The van der Waals surface area contributed by atoms with E-state index in [2.05, 4.69) is 24.4 Å². The normalized spacial score (nSPS) is 13.2. The van der Waals surface area contributed by atoms with Crippen LogP contribution in [0.5, 0.6) is 5.75 Å². The fourth-order valence-electron chi connectivity index (χ4n) is 2.13. The maximum Gasteiger partial charge on any atom is 0.233 e. The Balaban J connectivity index is 1.77. The Kier molecular flexibility index (Phi) is 6.73. The van der Waals surface area contributed by atoms with Crippen LogP contribution in [0.2, 0.25) is 0 Å². The lowest BCUT2D eigenvalue weighted by Gasteiger charge is -2.18. The molecule has 0 aliphatic carbocycles. The average Bonchev–Trinajstić information content (AvgIpc) is 2.56. The van der Waals surface area contributed by atoms with Gasteiger partial charge in [-0.05, 0) is 52.0 Å². The Morgan fingerprint density at radius 1 is 1.00 bits per heavy atom. The molecule has 0 heterocycles. The summed E-state index contributed by atoms with van der Waals surface area (Å²) in [7, 11) is 0. The van der Waals surface area contributed by atoms with Gasteiger partial charge in [-0.15, -0.1) is 11.8 Å². The fourth-order valence-corrected chi connectivity index (χ4v) is 3.01. The summed E-state index contributed by atoms with van der Waals surface area (Å²) in [5.41, 5.74) is 2.42. The highest BCUT2D eigenvalue weighted by Crippen LogP contribution is 2.23. The van der Waals surface area contributed by atoms with Gasteiger partial charge >= 0.3 is 0 Å². The van der Waals surface area contributed by atoms with Crippen molar-refractivity contribution in [2.75, 3.05) is 6.61 Å². The summed E-state index contributed by atoms with van der Waals surface area (Å²) in [6, 6.07) is 16.1. The maximum absolute atomic E-state index is 12.3. The van der Waals surface area contributed by atoms with Crippen molar-refractivity contribution in [2.45, 2.75) is 43.9 Å². The number of carbonyl (C=O) groups is 1. The second-order valence-corrected chi connectivity index (χ2v) is 7.52. The van der Waals surface area contributed by atoms with E-state index in [4.69, 9.17) is 4.74 Å². The molecule has 1 N–H and O–H groups in total. The van der Waals surface area contributed by atoms with Gasteiger partial charge in [-0.2, -0.15) is 0 Å². The SMILES string of the molecule is Cc1ccc(OC[C@H](C)NC(=O)[C@H](C)Sc2ccc(C)cc2)cc1. The number of ether oxygens (including phenoxy) is 1. The number of rotatable bonds is 7. The highest BCUT2D eigenvalue weighted by molar-refractivity contribution is 8.00. The standard InChI is InChI=1S/C20H25NO2S/c1-14-5-9-18(10-6-14)23-13-16(3)21-20(22)17(4)24-19-11-7-15(2)8-12-19/h5-12,16-17H,13H2,1-4H3,(H,21,22)/t16-,17-/m0/s1. The van der Waals surface area contributed by atoms with E-state index in [1.807, 2.05) is 57.2 Å². The van der Waals surface area contributed by atoms with Gasteiger partial charge in [0.2, 0.25) is 5.91 Å². The lowest BCUT2D eigenvalue weighted by atomic mass is 10.2. The Bertz CT molecular complexity index is 652. The number of hydrogen-bond acceptors (Lipinski definition) is 3. The van der Waals surface area contributed by atoms with Gasteiger partial charge in [-0.3, -0.25) is 4.79 Å². The number of thioether (sulfide) groups is 1. The summed E-state index contributed by atoms with van der Waals surface area (Å²) in [5.74, 6) is 0.851. The topological polar surface area (TPSA) is 38.3 Å². The first-order chi connectivity index (χ1) is 11.4. The number of carbonyl (C=O) groups excluding carboxylic acids is 1. The quantitative estimate of drug-likeness (QED) is 0.759. The van der Waals surface area contributed by atoms with Crippen LogP contribution in [0.15, 0.2) is 53.4 Å². The molecule has 0 saturated heterocycles. The van der Waals surface area contributed by atoms with Crippen LogP contribution >= 0.6 is 11.8 Å². The van der Waals surface area contributed by atoms with Crippen LogP contribution in [-0.4, -0.2) is 23.8 Å². The van der Waals surface area contributed by atoms with Gasteiger partial charge in [0.05, 0.1) is 11.3 Å². The third-order valence-corrected chi connectivity index (χ3v) is 4.72. The van der Waals surface area contributed by atoms with Gasteiger partial charge < -0.3 is 10.1 Å². The number of hydrogen-bond donors (Lipinski definition) is 1. The molecule has 0 saturated carbocycles. The second kappa shape index (κ2) is 8.78. The van der Waals surface area contributed by atoms with E-state index in [-0.39, 0.29) is 17.2 Å². The number of amides is 1. The van der Waals surface area contributed by atoms with E-state index in [0.717, 1.165) is 10.6 Å². The average molecular weight is 343 g/mol. The number of aryl methyl sites for hydroxylation is 2. The summed E-state index contributed by atoms with van der Waals surface area (Å²) in [6.07, 6.45) is 0. The first-order valence-electron chi connectivity index (χ1n) is 8.17. The molecule has 2 aromatic rings. The van der Waals surface area contributed by atoms with E-state index in [1.54, 1.807) is 11.8 Å². The van der Waals surface area contributed by atoms with Crippen LogP contribution in [-0.2, 0) is 4.79 Å². The smallest absolute Gasteiger partial charge is 0.233 e. The van der Waals surface area contributed by atoms with Gasteiger partial charge in [0.25, 0.3) is 0 Å². The maximum atomic E-state index is 12.3. The molecule has 4 heteroatoms. The zero-order valence-electron chi connectivity index (χ0n) is 14.7. The van der Waals surface area contributed by atoms with E-state index in [9.17, 15) is 4.79 Å². The molecule has 0 fully saturated rings. The van der Waals surface area contributed by atoms with Crippen molar-refractivity contribution in [1.82, 2.24) is 5.32 Å². The number of benzene rings is 2. The molecule has 2 aromatic carbocycles. The monoisotopic (exact) mass is 343 g/mol. The van der Waals surface area contributed by atoms with E-state index in [0.29, 0.717) is 6.61 Å². The third-order valence-electron chi connectivity index (χ3n) is 3.61. The van der Waals surface area contributed by atoms with Crippen molar-refractivity contribution < 1.29 is 9.53 Å². The van der Waals surface area contributed by atoms with Crippen LogP contribution < -0.4 is 10.1 Å². The Hall–Kier alpha value is -1.94. The predicted molar refractivity (Wildman–Crippen MR) is 101 cm³/mol.